The van der Waals surface area contributed by atoms with Crippen molar-refractivity contribution in [3.05, 3.63) is 64.8 Å². The van der Waals surface area contributed by atoms with E-state index in [1.165, 1.54) is 30.3 Å². The van der Waals surface area contributed by atoms with Crippen molar-refractivity contribution in [1.29, 1.82) is 0 Å². The number of ether oxygens (including phenoxy) is 3. The second kappa shape index (κ2) is 8.03. The Kier molecular flexibility index (Phi) is 5.51. The number of carbonyl (C=O) groups is 2. The lowest BCUT2D eigenvalue weighted by Gasteiger charge is -2.35. The number of hydrogen-bond acceptors (Lipinski definition) is 5. The van der Waals surface area contributed by atoms with Crippen LogP contribution in [-0.4, -0.2) is 42.7 Å². The van der Waals surface area contributed by atoms with Gasteiger partial charge in [0.25, 0.3) is 0 Å². The number of urea groups is 1. The molecule has 1 heterocycles. The van der Waals surface area contributed by atoms with E-state index in [0.717, 1.165) is 17.7 Å². The van der Waals surface area contributed by atoms with Gasteiger partial charge in [0.05, 0.1) is 7.11 Å². The van der Waals surface area contributed by atoms with Crippen LogP contribution in [-0.2, 0) is 20.7 Å². The van der Waals surface area contributed by atoms with Crippen molar-refractivity contribution in [2.45, 2.75) is 18.4 Å². The standard InChI is InChI=1S/C21H16ClF3N2O5/c1-30-18(28)20-9-12-8-13(22)2-7-16(12)17(20)10-27(11-31-20)19(29)26-14-3-5-15(6-4-14)32-21(23,24)25/h2-8,10H,9,11H2,1H3,(H,26,29). The summed E-state index contributed by atoms with van der Waals surface area (Å²) in [5.41, 5.74) is 0.773. The highest BCUT2D eigenvalue weighted by atomic mass is 35.5. The number of hydrogen-bond donors (Lipinski definition) is 1. The molecule has 0 saturated heterocycles. The van der Waals surface area contributed by atoms with E-state index in [1.807, 2.05) is 0 Å². The maximum Gasteiger partial charge on any atom is 0.573 e. The third-order valence-electron chi connectivity index (χ3n) is 5.08. The quantitative estimate of drug-likeness (QED) is 0.668. The zero-order valence-electron chi connectivity index (χ0n) is 16.5. The van der Waals surface area contributed by atoms with Gasteiger partial charge in [0, 0.05) is 28.9 Å². The lowest BCUT2D eigenvalue weighted by atomic mass is 9.94. The Labute approximate surface area is 185 Å². The molecule has 1 unspecified atom stereocenters. The SMILES string of the molecule is COC(=O)C12Cc3cc(Cl)ccc3C1=CN(C(=O)Nc1ccc(OC(F)(F)F)cc1)CO2. The zero-order chi connectivity index (χ0) is 23.1. The molecular formula is C21H16ClF3N2O5. The normalized spacial score (nSPS) is 19.5. The maximum absolute atomic E-state index is 12.7. The van der Waals surface area contributed by atoms with Gasteiger partial charge in [-0.25, -0.2) is 9.59 Å². The van der Waals surface area contributed by atoms with Gasteiger partial charge in [-0.2, -0.15) is 0 Å². The van der Waals surface area contributed by atoms with Gasteiger partial charge in [-0.1, -0.05) is 17.7 Å². The van der Waals surface area contributed by atoms with Gasteiger partial charge >= 0.3 is 18.4 Å². The Morgan fingerprint density at radius 2 is 1.91 bits per heavy atom. The number of esters is 1. The van der Waals surface area contributed by atoms with Crippen molar-refractivity contribution in [2.24, 2.45) is 0 Å². The number of benzene rings is 2. The van der Waals surface area contributed by atoms with Crippen molar-refractivity contribution in [3.63, 3.8) is 0 Å². The first kappa shape index (κ1) is 22.0. The molecule has 1 atom stereocenters. The fourth-order valence-corrected chi connectivity index (χ4v) is 3.88. The molecule has 0 saturated carbocycles. The number of halogens is 4. The molecule has 2 amide bonds. The van der Waals surface area contributed by atoms with E-state index in [2.05, 4.69) is 10.1 Å². The van der Waals surface area contributed by atoms with Crippen LogP contribution in [0.2, 0.25) is 5.02 Å². The first-order valence-electron chi connectivity index (χ1n) is 9.28. The summed E-state index contributed by atoms with van der Waals surface area (Å²) >= 11 is 6.07. The summed E-state index contributed by atoms with van der Waals surface area (Å²) in [6, 6.07) is 9.20. The summed E-state index contributed by atoms with van der Waals surface area (Å²) in [5, 5.41) is 3.05. The molecule has 2 aromatic rings. The van der Waals surface area contributed by atoms with Crippen LogP contribution >= 0.6 is 11.6 Å². The number of amides is 2. The molecule has 1 aliphatic heterocycles. The molecule has 168 valence electrons. The molecule has 2 aromatic carbocycles. The Balaban J connectivity index is 1.57. The van der Waals surface area contributed by atoms with E-state index in [-0.39, 0.29) is 18.8 Å². The monoisotopic (exact) mass is 468 g/mol. The van der Waals surface area contributed by atoms with Gasteiger partial charge in [0.2, 0.25) is 0 Å². The summed E-state index contributed by atoms with van der Waals surface area (Å²) < 4.78 is 51.4. The smallest absolute Gasteiger partial charge is 0.467 e. The minimum Gasteiger partial charge on any atom is -0.467 e. The minimum atomic E-state index is -4.81. The molecule has 32 heavy (non-hydrogen) atoms. The Bertz CT molecular complexity index is 1100. The Morgan fingerprint density at radius 3 is 2.56 bits per heavy atom. The Morgan fingerprint density at radius 1 is 1.19 bits per heavy atom. The van der Waals surface area contributed by atoms with E-state index in [4.69, 9.17) is 21.1 Å². The topological polar surface area (TPSA) is 77.1 Å². The summed E-state index contributed by atoms with van der Waals surface area (Å²) in [6.45, 7) is -0.249. The van der Waals surface area contributed by atoms with E-state index < -0.39 is 29.7 Å². The van der Waals surface area contributed by atoms with Crippen LogP contribution in [0.4, 0.5) is 23.7 Å². The molecule has 0 bridgehead atoms. The molecule has 7 nitrogen and oxygen atoms in total. The van der Waals surface area contributed by atoms with Crippen molar-refractivity contribution in [1.82, 2.24) is 4.90 Å². The van der Waals surface area contributed by atoms with Gasteiger partial charge in [0.1, 0.15) is 12.5 Å². The lowest BCUT2D eigenvalue weighted by molar-refractivity contribution is -0.274. The van der Waals surface area contributed by atoms with Crippen molar-refractivity contribution in [3.8, 4) is 5.75 Å². The molecule has 0 spiro atoms. The van der Waals surface area contributed by atoms with E-state index in [9.17, 15) is 22.8 Å². The molecule has 0 aromatic heterocycles. The number of carbonyl (C=O) groups excluding carboxylic acids is 2. The first-order chi connectivity index (χ1) is 15.1. The van der Waals surface area contributed by atoms with Crippen molar-refractivity contribution >= 4 is 34.9 Å². The molecule has 0 radical (unpaired) electrons. The van der Waals surface area contributed by atoms with Crippen LogP contribution in [0, 0.1) is 0 Å². The van der Waals surface area contributed by atoms with Gasteiger partial charge in [-0.05, 0) is 47.5 Å². The summed E-state index contributed by atoms with van der Waals surface area (Å²) in [5.74, 6) is -1.01. The van der Waals surface area contributed by atoms with Crippen LogP contribution in [0.3, 0.4) is 0 Å². The average Bonchev–Trinajstić information content (AvgIpc) is 3.07. The Hall–Kier alpha value is -3.24. The third-order valence-corrected chi connectivity index (χ3v) is 5.32. The highest BCUT2D eigenvalue weighted by Crippen LogP contribution is 2.46. The summed E-state index contributed by atoms with van der Waals surface area (Å²) in [7, 11) is 1.25. The van der Waals surface area contributed by atoms with Gasteiger partial charge in [0.15, 0.2) is 5.60 Å². The fourth-order valence-electron chi connectivity index (χ4n) is 3.69. The molecular weight excluding hydrogens is 453 g/mol. The van der Waals surface area contributed by atoms with Crippen LogP contribution in [0.15, 0.2) is 48.7 Å². The lowest BCUT2D eigenvalue weighted by Crippen LogP contribution is -2.50. The van der Waals surface area contributed by atoms with Crippen molar-refractivity contribution < 1.29 is 37.0 Å². The predicted molar refractivity (Wildman–Crippen MR) is 108 cm³/mol. The largest absolute Gasteiger partial charge is 0.573 e. The number of methoxy groups -OCH3 is 1. The molecule has 1 aliphatic carbocycles. The molecule has 2 aliphatic rings. The van der Waals surface area contributed by atoms with Crippen LogP contribution in [0.1, 0.15) is 11.1 Å². The number of fused-ring (bicyclic) bond motifs is 3. The third kappa shape index (κ3) is 4.11. The van der Waals surface area contributed by atoms with Crippen LogP contribution < -0.4 is 10.1 Å². The number of nitrogens with one attached hydrogen (secondary N) is 1. The second-order valence-corrected chi connectivity index (χ2v) is 7.52. The fraction of sp³-hybridized carbons (Fsp3) is 0.238. The summed E-state index contributed by atoms with van der Waals surface area (Å²) in [6.07, 6.45) is -3.11. The molecule has 4 rings (SSSR count). The minimum absolute atomic E-state index is 0.206. The molecule has 1 N–H and O–H groups in total. The second-order valence-electron chi connectivity index (χ2n) is 7.09. The van der Waals surface area contributed by atoms with E-state index in [0.29, 0.717) is 16.2 Å². The number of rotatable bonds is 3. The van der Waals surface area contributed by atoms with Crippen LogP contribution in [0.5, 0.6) is 5.75 Å². The molecule has 11 heteroatoms. The number of alkyl halides is 3. The number of anilines is 1. The van der Waals surface area contributed by atoms with Crippen molar-refractivity contribution in [2.75, 3.05) is 19.2 Å². The summed E-state index contributed by atoms with van der Waals surface area (Å²) in [4.78, 5) is 26.5. The van der Waals surface area contributed by atoms with E-state index >= 15 is 0 Å². The highest BCUT2D eigenvalue weighted by Gasteiger charge is 2.53. The first-order valence-corrected chi connectivity index (χ1v) is 9.66. The van der Waals surface area contributed by atoms with E-state index in [1.54, 1.807) is 18.2 Å². The predicted octanol–water partition coefficient (Wildman–Crippen LogP) is 4.57. The van der Waals surface area contributed by atoms with Crippen LogP contribution in [0.25, 0.3) is 5.57 Å². The molecule has 0 fully saturated rings. The van der Waals surface area contributed by atoms with Gasteiger partial charge in [-0.3, -0.25) is 4.90 Å². The van der Waals surface area contributed by atoms with Gasteiger partial charge < -0.3 is 19.5 Å². The average molecular weight is 469 g/mol. The maximum atomic E-state index is 12.7. The number of nitrogens with zero attached hydrogens (tertiary/aromatic N) is 1. The van der Waals surface area contributed by atoms with Gasteiger partial charge in [-0.15, -0.1) is 13.2 Å². The zero-order valence-corrected chi connectivity index (χ0v) is 17.3. The highest BCUT2D eigenvalue weighted by molar-refractivity contribution is 6.30.